The highest BCUT2D eigenvalue weighted by molar-refractivity contribution is 6.33. The number of nitrogens with one attached hydrogen (secondary N) is 2. The Morgan fingerprint density at radius 1 is 1.22 bits per heavy atom. The van der Waals surface area contributed by atoms with Gasteiger partial charge < -0.3 is 10.7 Å². The molecule has 7 heteroatoms. The zero-order chi connectivity index (χ0) is 13.1. The van der Waals surface area contributed by atoms with E-state index < -0.39 is 11.6 Å². The van der Waals surface area contributed by atoms with Crippen LogP contribution in [-0.2, 0) is 0 Å². The van der Waals surface area contributed by atoms with E-state index >= 15 is 0 Å². The molecule has 0 atom stereocenters. The maximum Gasteiger partial charge on any atom is 0.151 e. The number of hydrogen-bond acceptors (Lipinski definition) is 4. The molecule has 0 saturated carbocycles. The number of halogens is 3. The fourth-order valence-corrected chi connectivity index (χ4v) is 1.63. The molecule has 0 aliphatic heterocycles. The molecule has 0 unspecified atom stereocenters. The summed E-state index contributed by atoms with van der Waals surface area (Å²) in [6, 6.07) is 4.92. The number of pyridine rings is 1. The van der Waals surface area contributed by atoms with E-state index in [1.807, 2.05) is 0 Å². The van der Waals surface area contributed by atoms with Crippen LogP contribution in [0.5, 0.6) is 0 Å². The van der Waals surface area contributed by atoms with Crippen LogP contribution in [0.2, 0.25) is 5.02 Å². The zero-order valence-electron chi connectivity index (χ0n) is 9.05. The summed E-state index contributed by atoms with van der Waals surface area (Å²) >= 11 is 5.76. The molecule has 0 aliphatic rings. The Bertz CT molecular complexity index is 554. The molecule has 2 rings (SSSR count). The fourth-order valence-electron chi connectivity index (χ4n) is 1.39. The van der Waals surface area contributed by atoms with Crippen molar-refractivity contribution in [3.63, 3.8) is 0 Å². The molecule has 94 valence electrons. The van der Waals surface area contributed by atoms with Gasteiger partial charge in [0.05, 0.1) is 10.7 Å². The Morgan fingerprint density at radius 3 is 2.67 bits per heavy atom. The van der Waals surface area contributed by atoms with Gasteiger partial charge in [-0.05, 0) is 12.1 Å². The topological polar surface area (TPSA) is 63.0 Å². The first-order valence-electron chi connectivity index (χ1n) is 4.94. The molecule has 1 aromatic heterocycles. The lowest BCUT2D eigenvalue weighted by Crippen LogP contribution is -2.08. The lowest BCUT2D eigenvalue weighted by Gasteiger charge is -2.10. The predicted octanol–water partition coefficient (Wildman–Crippen LogP) is 3.04. The summed E-state index contributed by atoms with van der Waals surface area (Å²) in [7, 11) is 0. The van der Waals surface area contributed by atoms with Crippen molar-refractivity contribution in [3.05, 3.63) is 47.1 Å². The van der Waals surface area contributed by atoms with Crippen LogP contribution in [0.4, 0.5) is 26.0 Å². The van der Waals surface area contributed by atoms with Gasteiger partial charge in [0.15, 0.2) is 5.82 Å². The van der Waals surface area contributed by atoms with E-state index in [9.17, 15) is 8.78 Å². The largest absolute Gasteiger partial charge is 0.352 e. The van der Waals surface area contributed by atoms with Gasteiger partial charge in [-0.15, -0.1) is 0 Å². The standard InChI is InChI=1S/C11H9ClF2N4/c12-8-3-6(13)4-9(14)11(8)17-7-1-2-16-10(5-7)18-15/h1-5H,15H2,(H2,16,17,18). The highest BCUT2D eigenvalue weighted by atomic mass is 35.5. The third-order valence-corrected chi connectivity index (χ3v) is 2.48. The highest BCUT2D eigenvalue weighted by Gasteiger charge is 2.10. The van der Waals surface area contributed by atoms with Crippen molar-refractivity contribution >= 4 is 28.8 Å². The summed E-state index contributed by atoms with van der Waals surface area (Å²) in [6.45, 7) is 0. The van der Waals surface area contributed by atoms with E-state index in [1.165, 1.54) is 6.20 Å². The summed E-state index contributed by atoms with van der Waals surface area (Å²) in [5, 5.41) is 2.68. The van der Waals surface area contributed by atoms with Gasteiger partial charge in [0.25, 0.3) is 0 Å². The number of aromatic nitrogens is 1. The first kappa shape index (κ1) is 12.5. The maximum absolute atomic E-state index is 13.5. The van der Waals surface area contributed by atoms with Gasteiger partial charge in [-0.1, -0.05) is 11.6 Å². The third kappa shape index (κ3) is 2.66. The van der Waals surface area contributed by atoms with Crippen LogP contribution in [0.15, 0.2) is 30.5 Å². The van der Waals surface area contributed by atoms with Gasteiger partial charge in [0.2, 0.25) is 0 Å². The molecule has 4 N–H and O–H groups in total. The maximum atomic E-state index is 13.5. The lowest BCUT2D eigenvalue weighted by atomic mass is 10.2. The van der Waals surface area contributed by atoms with Crippen LogP contribution in [0.25, 0.3) is 0 Å². The summed E-state index contributed by atoms with van der Waals surface area (Å²) in [5.41, 5.74) is 2.87. The van der Waals surface area contributed by atoms with Crippen molar-refractivity contribution in [2.75, 3.05) is 10.7 Å². The number of nitrogens with zero attached hydrogens (tertiary/aromatic N) is 1. The molecular weight excluding hydrogens is 262 g/mol. The zero-order valence-corrected chi connectivity index (χ0v) is 9.80. The van der Waals surface area contributed by atoms with E-state index in [2.05, 4.69) is 15.7 Å². The minimum absolute atomic E-state index is 0.00719. The summed E-state index contributed by atoms with van der Waals surface area (Å²) < 4.78 is 26.4. The van der Waals surface area contributed by atoms with Gasteiger partial charge in [0, 0.05) is 24.0 Å². The van der Waals surface area contributed by atoms with E-state index in [0.29, 0.717) is 11.5 Å². The Hall–Kier alpha value is -1.92. The van der Waals surface area contributed by atoms with Crippen molar-refractivity contribution < 1.29 is 8.78 Å². The van der Waals surface area contributed by atoms with Crippen LogP contribution in [-0.4, -0.2) is 4.98 Å². The van der Waals surface area contributed by atoms with Crippen LogP contribution in [0.1, 0.15) is 0 Å². The van der Waals surface area contributed by atoms with Gasteiger partial charge >= 0.3 is 0 Å². The second-order valence-corrected chi connectivity index (χ2v) is 3.85. The van der Waals surface area contributed by atoms with Crippen LogP contribution in [0.3, 0.4) is 0 Å². The number of nitrogen functional groups attached to an aromatic ring is 1. The Morgan fingerprint density at radius 2 is 2.00 bits per heavy atom. The smallest absolute Gasteiger partial charge is 0.151 e. The molecule has 0 saturated heterocycles. The van der Waals surface area contributed by atoms with E-state index in [1.54, 1.807) is 12.1 Å². The van der Waals surface area contributed by atoms with Crippen molar-refractivity contribution in [1.29, 1.82) is 0 Å². The van der Waals surface area contributed by atoms with Crippen molar-refractivity contribution in [3.8, 4) is 0 Å². The monoisotopic (exact) mass is 270 g/mol. The van der Waals surface area contributed by atoms with Gasteiger partial charge in [0.1, 0.15) is 11.6 Å². The molecule has 0 bridgehead atoms. The molecule has 0 fully saturated rings. The van der Waals surface area contributed by atoms with Crippen LogP contribution >= 0.6 is 11.6 Å². The quantitative estimate of drug-likeness (QED) is 0.592. The van der Waals surface area contributed by atoms with E-state index in [-0.39, 0.29) is 10.7 Å². The number of anilines is 3. The number of hydrazine groups is 1. The average Bonchev–Trinajstić information content (AvgIpc) is 2.34. The summed E-state index contributed by atoms with van der Waals surface area (Å²) in [4.78, 5) is 3.90. The first-order chi connectivity index (χ1) is 8.60. The molecule has 18 heavy (non-hydrogen) atoms. The van der Waals surface area contributed by atoms with Crippen molar-refractivity contribution in [2.24, 2.45) is 5.84 Å². The summed E-state index contributed by atoms with van der Waals surface area (Å²) in [6.07, 6.45) is 1.48. The van der Waals surface area contributed by atoms with Gasteiger partial charge in [-0.25, -0.2) is 19.6 Å². The van der Waals surface area contributed by atoms with E-state index in [0.717, 1.165) is 12.1 Å². The number of nitrogens with two attached hydrogens (primary N) is 1. The Labute approximate surface area is 107 Å². The molecule has 2 aromatic rings. The van der Waals surface area contributed by atoms with Crippen molar-refractivity contribution in [1.82, 2.24) is 4.98 Å². The van der Waals surface area contributed by atoms with Gasteiger partial charge in [-0.2, -0.15) is 0 Å². The normalized spacial score (nSPS) is 10.2. The van der Waals surface area contributed by atoms with E-state index in [4.69, 9.17) is 17.4 Å². The molecule has 1 heterocycles. The molecule has 0 radical (unpaired) electrons. The number of hydrogen-bond donors (Lipinski definition) is 3. The molecule has 0 amide bonds. The Kier molecular flexibility index (Phi) is 3.59. The second kappa shape index (κ2) is 5.16. The molecule has 0 aliphatic carbocycles. The summed E-state index contributed by atoms with van der Waals surface area (Å²) in [5.74, 6) is 4.09. The average molecular weight is 271 g/mol. The minimum atomic E-state index is -0.779. The van der Waals surface area contributed by atoms with Gasteiger partial charge in [-0.3, -0.25) is 0 Å². The first-order valence-corrected chi connectivity index (χ1v) is 5.32. The molecule has 0 spiro atoms. The highest BCUT2D eigenvalue weighted by Crippen LogP contribution is 2.29. The van der Waals surface area contributed by atoms with Crippen molar-refractivity contribution in [2.45, 2.75) is 0 Å². The lowest BCUT2D eigenvalue weighted by molar-refractivity contribution is 0.586. The molecular formula is C11H9ClF2N4. The number of rotatable bonds is 3. The Balaban J connectivity index is 2.33. The second-order valence-electron chi connectivity index (χ2n) is 3.44. The van der Waals surface area contributed by atoms with Crippen LogP contribution < -0.4 is 16.6 Å². The molecule has 1 aromatic carbocycles. The molecule has 4 nitrogen and oxygen atoms in total. The fraction of sp³-hybridized carbons (Fsp3) is 0. The third-order valence-electron chi connectivity index (χ3n) is 2.18. The predicted molar refractivity (Wildman–Crippen MR) is 66.7 cm³/mol. The minimum Gasteiger partial charge on any atom is -0.352 e. The SMILES string of the molecule is NNc1cc(Nc2c(F)cc(F)cc2Cl)ccn1. The number of benzene rings is 1. The van der Waals surface area contributed by atoms with Crippen LogP contribution in [0, 0.1) is 11.6 Å².